The molecule has 1 unspecified atom stereocenters. The highest BCUT2D eigenvalue weighted by molar-refractivity contribution is 7.67. The van der Waals surface area contributed by atoms with Crippen molar-refractivity contribution in [3.8, 4) is 12.3 Å². The van der Waals surface area contributed by atoms with Gasteiger partial charge in [0.2, 0.25) is 0 Å². The third-order valence-electron chi connectivity index (χ3n) is 1.87. The normalized spacial score (nSPS) is 31.4. The number of terminal acetylenes is 1. The maximum absolute atomic E-state index is 11.6. The molecule has 0 saturated carbocycles. The molecule has 0 amide bonds. The van der Waals surface area contributed by atoms with Gasteiger partial charge < -0.3 is 4.57 Å². The van der Waals surface area contributed by atoms with E-state index >= 15 is 0 Å². The zero-order valence-corrected chi connectivity index (χ0v) is 7.03. The molecule has 1 nitrogen and oxygen atoms in total. The van der Waals surface area contributed by atoms with E-state index in [2.05, 4.69) is 5.92 Å². The van der Waals surface area contributed by atoms with Gasteiger partial charge in [-0.15, -0.1) is 6.42 Å². The molecule has 0 aromatic rings. The Balaban J connectivity index is 2.84. The molecular weight excluding hydrogens is 143 g/mol. The fourth-order valence-electron chi connectivity index (χ4n) is 1.08. The summed E-state index contributed by atoms with van der Waals surface area (Å²) >= 11 is 0. The second kappa shape index (κ2) is 2.64. The lowest BCUT2D eigenvalue weighted by Gasteiger charge is -2.01. The van der Waals surface area contributed by atoms with E-state index in [0.717, 1.165) is 24.3 Å². The van der Waals surface area contributed by atoms with Crippen molar-refractivity contribution >= 4 is 7.14 Å². The Morgan fingerprint density at radius 3 is 2.90 bits per heavy atom. The summed E-state index contributed by atoms with van der Waals surface area (Å²) < 4.78 is 11.6. The van der Waals surface area contributed by atoms with E-state index in [-0.39, 0.29) is 0 Å². The highest BCUT2D eigenvalue weighted by atomic mass is 31.2. The van der Waals surface area contributed by atoms with Crippen molar-refractivity contribution in [2.45, 2.75) is 13.3 Å². The van der Waals surface area contributed by atoms with E-state index < -0.39 is 7.14 Å². The van der Waals surface area contributed by atoms with Gasteiger partial charge in [0.05, 0.1) is 0 Å². The Bertz CT molecular complexity index is 244. The molecule has 1 heterocycles. The maximum Gasteiger partial charge on any atom is 0.109 e. The van der Waals surface area contributed by atoms with Gasteiger partial charge in [0.25, 0.3) is 0 Å². The van der Waals surface area contributed by atoms with E-state index in [9.17, 15) is 4.57 Å². The van der Waals surface area contributed by atoms with Gasteiger partial charge in [-0.1, -0.05) is 12.8 Å². The molecule has 1 aliphatic heterocycles. The standard InChI is InChI=1S/C8H11OP/c1-3-8-5-6-10(9,4-2)7-8/h1,7H,4-6H2,2H3. The maximum atomic E-state index is 11.6. The van der Waals surface area contributed by atoms with E-state index in [1.54, 1.807) is 0 Å². The summed E-state index contributed by atoms with van der Waals surface area (Å²) in [6.07, 6.45) is 7.58. The minimum absolute atomic E-state index is 0.762. The van der Waals surface area contributed by atoms with Crippen molar-refractivity contribution in [2.75, 3.05) is 12.3 Å². The topological polar surface area (TPSA) is 17.1 Å². The lowest BCUT2D eigenvalue weighted by atomic mass is 10.3. The van der Waals surface area contributed by atoms with Crippen LogP contribution in [0.4, 0.5) is 0 Å². The first-order valence-electron chi connectivity index (χ1n) is 3.46. The summed E-state index contributed by atoms with van der Waals surface area (Å²) in [6.45, 7) is 1.96. The van der Waals surface area contributed by atoms with Crippen LogP contribution in [0.5, 0.6) is 0 Å². The predicted molar refractivity (Wildman–Crippen MR) is 44.5 cm³/mol. The molecule has 0 spiro atoms. The SMILES string of the molecule is C#CC1=CP(=O)(CC)CC1. The van der Waals surface area contributed by atoms with Crippen LogP contribution in [0.3, 0.4) is 0 Å². The first kappa shape index (κ1) is 7.63. The van der Waals surface area contributed by atoms with E-state index in [1.807, 2.05) is 12.7 Å². The molecule has 10 heavy (non-hydrogen) atoms. The average molecular weight is 154 g/mol. The van der Waals surface area contributed by atoms with Crippen LogP contribution in [0.1, 0.15) is 13.3 Å². The lowest BCUT2D eigenvalue weighted by Crippen LogP contribution is -1.81. The summed E-state index contributed by atoms with van der Waals surface area (Å²) in [4.78, 5) is 0. The lowest BCUT2D eigenvalue weighted by molar-refractivity contribution is 0.582. The van der Waals surface area contributed by atoms with Gasteiger partial charge in [-0.25, -0.2) is 0 Å². The molecule has 1 rings (SSSR count). The zero-order chi connectivity index (χ0) is 7.61. The molecular formula is C8H11OP. The first-order chi connectivity index (χ1) is 4.70. The van der Waals surface area contributed by atoms with Crippen molar-refractivity contribution in [1.29, 1.82) is 0 Å². The van der Waals surface area contributed by atoms with Gasteiger partial charge in [-0.2, -0.15) is 0 Å². The summed E-state index contributed by atoms with van der Waals surface area (Å²) in [5.74, 6) is 4.35. The minimum Gasteiger partial charge on any atom is -0.319 e. The highest BCUT2D eigenvalue weighted by Gasteiger charge is 2.22. The van der Waals surface area contributed by atoms with Gasteiger partial charge in [0.1, 0.15) is 7.14 Å². The van der Waals surface area contributed by atoms with Crippen LogP contribution in [0, 0.1) is 12.3 Å². The second-order valence-electron chi connectivity index (χ2n) is 2.54. The summed E-state index contributed by atoms with van der Waals surface area (Å²) in [7, 11) is -1.93. The Morgan fingerprint density at radius 1 is 1.90 bits per heavy atom. The van der Waals surface area contributed by atoms with Gasteiger partial charge >= 0.3 is 0 Å². The molecule has 0 fully saturated rings. The van der Waals surface area contributed by atoms with Crippen molar-refractivity contribution in [2.24, 2.45) is 0 Å². The van der Waals surface area contributed by atoms with Gasteiger partial charge in [0.15, 0.2) is 0 Å². The molecule has 0 aromatic heterocycles. The predicted octanol–water partition coefficient (Wildman–Crippen LogP) is 2.29. The van der Waals surface area contributed by atoms with Gasteiger partial charge in [-0.3, -0.25) is 0 Å². The molecule has 1 atom stereocenters. The Kier molecular flexibility index (Phi) is 2.02. The van der Waals surface area contributed by atoms with E-state index in [1.165, 1.54) is 0 Å². The minimum atomic E-state index is -1.93. The molecule has 0 saturated heterocycles. The smallest absolute Gasteiger partial charge is 0.109 e. The summed E-state index contributed by atoms with van der Waals surface area (Å²) in [6, 6.07) is 0. The van der Waals surface area contributed by atoms with E-state index in [0.29, 0.717) is 0 Å². The number of hydrogen-bond acceptors (Lipinski definition) is 1. The monoisotopic (exact) mass is 154 g/mol. The van der Waals surface area contributed by atoms with Crippen LogP contribution in [-0.4, -0.2) is 12.3 Å². The number of allylic oxidation sites excluding steroid dienone is 1. The Morgan fingerprint density at radius 2 is 2.60 bits per heavy atom. The quantitative estimate of drug-likeness (QED) is 0.418. The van der Waals surface area contributed by atoms with Gasteiger partial charge in [0, 0.05) is 17.9 Å². The molecule has 0 aliphatic carbocycles. The summed E-state index contributed by atoms with van der Waals surface area (Å²) in [5.41, 5.74) is 0.935. The van der Waals surface area contributed by atoms with Crippen molar-refractivity contribution < 1.29 is 4.57 Å². The van der Waals surface area contributed by atoms with Crippen molar-refractivity contribution in [3.05, 3.63) is 11.4 Å². The Labute approximate surface area is 61.9 Å². The average Bonchev–Trinajstić information content (AvgIpc) is 2.33. The molecule has 54 valence electrons. The van der Waals surface area contributed by atoms with Crippen LogP contribution in [0.2, 0.25) is 0 Å². The molecule has 1 aliphatic rings. The third kappa shape index (κ3) is 1.33. The van der Waals surface area contributed by atoms with Crippen LogP contribution in [-0.2, 0) is 4.57 Å². The van der Waals surface area contributed by atoms with Crippen molar-refractivity contribution in [3.63, 3.8) is 0 Å². The molecule has 0 aromatic carbocycles. The molecule has 0 N–H and O–H groups in total. The number of hydrogen-bond donors (Lipinski definition) is 0. The zero-order valence-electron chi connectivity index (χ0n) is 6.13. The van der Waals surface area contributed by atoms with Crippen LogP contribution in [0.25, 0.3) is 0 Å². The number of rotatable bonds is 1. The Hall–Kier alpha value is -0.470. The van der Waals surface area contributed by atoms with Crippen LogP contribution in [0.15, 0.2) is 11.4 Å². The highest BCUT2D eigenvalue weighted by Crippen LogP contribution is 2.53. The van der Waals surface area contributed by atoms with Crippen LogP contribution < -0.4 is 0 Å². The summed E-state index contributed by atoms with van der Waals surface area (Å²) in [5, 5.41) is 0. The third-order valence-corrected chi connectivity index (χ3v) is 4.70. The largest absolute Gasteiger partial charge is 0.319 e. The van der Waals surface area contributed by atoms with Crippen molar-refractivity contribution in [1.82, 2.24) is 0 Å². The fraction of sp³-hybridized carbons (Fsp3) is 0.500. The first-order valence-corrected chi connectivity index (χ1v) is 5.61. The molecule has 0 bridgehead atoms. The second-order valence-corrected chi connectivity index (χ2v) is 5.78. The van der Waals surface area contributed by atoms with E-state index in [4.69, 9.17) is 6.42 Å². The van der Waals surface area contributed by atoms with Crippen LogP contribution >= 0.6 is 7.14 Å². The van der Waals surface area contributed by atoms with Gasteiger partial charge in [-0.05, 0) is 12.2 Å². The molecule has 2 heteroatoms. The molecule has 0 radical (unpaired) electrons. The fourth-order valence-corrected chi connectivity index (χ4v) is 3.10.